The second-order valence-electron chi connectivity index (χ2n) is 13.6. The highest BCUT2D eigenvalue weighted by molar-refractivity contribution is 6.42. The number of carbonyl (C=O) groups excluding carboxylic acids is 4. The quantitative estimate of drug-likeness (QED) is 0.153. The van der Waals surface area contributed by atoms with Crippen molar-refractivity contribution in [3.05, 3.63) is 104 Å². The molecule has 2 heterocycles. The smallest absolute Gasteiger partial charge is 0.268 e. The van der Waals surface area contributed by atoms with Gasteiger partial charge in [0.05, 0.1) is 33.6 Å². The lowest BCUT2D eigenvalue weighted by atomic mass is 9.82. The highest BCUT2D eigenvalue weighted by atomic mass is 19.2. The number of halogens is 4. The van der Waals surface area contributed by atoms with Crippen molar-refractivity contribution < 1.29 is 36.7 Å². The molecule has 0 fully saturated rings. The number of imide groups is 2. The minimum atomic E-state index is -1.81. The molecule has 248 valence electrons. The zero-order valence-corrected chi connectivity index (χ0v) is 27.8. The van der Waals surface area contributed by atoms with Crippen molar-refractivity contribution in [2.24, 2.45) is 0 Å². The fraction of sp³-hybridized carbons (Fsp3) is 0.316. The van der Waals surface area contributed by atoms with Gasteiger partial charge in [0, 0.05) is 10.8 Å². The van der Waals surface area contributed by atoms with E-state index in [1.165, 1.54) is 0 Å². The predicted molar refractivity (Wildman–Crippen MR) is 175 cm³/mol. The van der Waals surface area contributed by atoms with Crippen molar-refractivity contribution in [1.29, 1.82) is 0 Å². The van der Waals surface area contributed by atoms with Crippen LogP contribution in [0.3, 0.4) is 0 Å². The first kappa shape index (κ1) is 33.1. The Morgan fingerprint density at radius 3 is 0.812 bits per heavy atom. The molecule has 48 heavy (non-hydrogen) atoms. The molecule has 0 atom stereocenters. The lowest BCUT2D eigenvalue weighted by Crippen LogP contribution is -2.47. The van der Waals surface area contributed by atoms with Gasteiger partial charge in [-0.3, -0.25) is 19.2 Å². The minimum absolute atomic E-state index is 0.0565. The lowest BCUT2D eigenvalue weighted by molar-refractivity contribution is 0.0862. The summed E-state index contributed by atoms with van der Waals surface area (Å²) in [6.07, 6.45) is 0. The van der Waals surface area contributed by atoms with E-state index in [4.69, 9.17) is 0 Å². The fourth-order valence-corrected chi connectivity index (χ4v) is 7.01. The van der Waals surface area contributed by atoms with Crippen LogP contribution in [-0.4, -0.2) is 23.6 Å². The summed E-state index contributed by atoms with van der Waals surface area (Å²) >= 11 is 0. The highest BCUT2D eigenvalue weighted by Gasteiger charge is 2.49. The molecule has 0 radical (unpaired) electrons. The first-order valence-electron chi connectivity index (χ1n) is 15.9. The van der Waals surface area contributed by atoms with E-state index in [2.05, 4.69) is 0 Å². The van der Waals surface area contributed by atoms with Crippen LogP contribution in [0.2, 0.25) is 0 Å². The molecule has 0 N–H and O–H groups in total. The van der Waals surface area contributed by atoms with Crippen LogP contribution in [0.15, 0.2) is 36.4 Å². The third kappa shape index (κ3) is 4.37. The fourth-order valence-electron chi connectivity index (χ4n) is 7.01. The molecule has 6 nitrogen and oxygen atoms in total. The first-order chi connectivity index (χ1) is 22.5. The Morgan fingerprint density at radius 1 is 0.417 bits per heavy atom. The molecule has 2 aliphatic heterocycles. The maximum Gasteiger partial charge on any atom is 0.269 e. The normalized spacial score (nSPS) is 14.7. The van der Waals surface area contributed by atoms with Gasteiger partial charge in [-0.15, -0.1) is 0 Å². The molecular weight excluding hydrogens is 624 g/mol. The molecule has 2 aliphatic rings. The van der Waals surface area contributed by atoms with Crippen molar-refractivity contribution in [3.63, 3.8) is 0 Å². The van der Waals surface area contributed by atoms with Gasteiger partial charge in [-0.1, -0.05) is 91.8 Å². The van der Waals surface area contributed by atoms with Crippen molar-refractivity contribution in [2.45, 2.75) is 79.1 Å². The van der Waals surface area contributed by atoms with Crippen LogP contribution in [0.5, 0.6) is 0 Å². The van der Waals surface area contributed by atoms with Gasteiger partial charge in [0.15, 0.2) is 23.3 Å². The number of anilines is 2. The van der Waals surface area contributed by atoms with Crippen molar-refractivity contribution >= 4 is 45.8 Å². The van der Waals surface area contributed by atoms with Gasteiger partial charge in [-0.05, 0) is 45.9 Å². The molecule has 0 bridgehead atoms. The number of amides is 4. The first-order valence-corrected chi connectivity index (χ1v) is 15.9. The Kier molecular flexibility index (Phi) is 7.84. The van der Waals surface area contributed by atoms with Gasteiger partial charge in [-0.25, -0.2) is 27.4 Å². The monoisotopic (exact) mass is 658 g/mol. The third-order valence-corrected chi connectivity index (χ3v) is 9.31. The number of carbonyl (C=O) groups is 4. The van der Waals surface area contributed by atoms with Crippen LogP contribution in [0.4, 0.5) is 28.9 Å². The van der Waals surface area contributed by atoms with Gasteiger partial charge in [0.25, 0.3) is 23.6 Å². The summed E-state index contributed by atoms with van der Waals surface area (Å²) in [5.74, 6) is -13.6. The van der Waals surface area contributed by atoms with Crippen LogP contribution < -0.4 is 9.80 Å². The Bertz CT molecular complexity index is 1850. The predicted octanol–water partition coefficient (Wildman–Crippen LogP) is 9.49. The van der Waals surface area contributed by atoms with Gasteiger partial charge in [-0.2, -0.15) is 0 Å². The van der Waals surface area contributed by atoms with E-state index < -0.39 is 79.9 Å². The standard InChI is InChI=1S/C38H34F4N2O4/c1-15(2)19-11-9-12-20(16(3)4)33(19)43-35(45)25-23-24-27(31(41)29(25)39)37(47)44(34-21(17(5)6)13-10-14-22(34)18(7)8)38(48)28(24)32(42)30(40)26(23)36(43)46/h9-18H,1-8H3. The number of para-hydroxylation sites is 2. The SMILES string of the molecule is CC(C)c1cccc(C(C)C)c1N1C(=O)c2c(F)c(F)c3c4c(c(F)c(F)c(c24)C1=O)C(=O)N(c1c(C(C)C)cccc1C(C)C)C3=O. The number of rotatable bonds is 6. The molecular formula is C38H34F4N2O4. The molecule has 4 amide bonds. The van der Waals surface area contributed by atoms with E-state index in [1.807, 2.05) is 0 Å². The van der Waals surface area contributed by atoms with E-state index in [-0.39, 0.29) is 35.0 Å². The average Bonchev–Trinajstić information content (AvgIpc) is 3.01. The van der Waals surface area contributed by atoms with Crippen molar-refractivity contribution in [3.8, 4) is 0 Å². The summed E-state index contributed by atoms with van der Waals surface area (Å²) in [5.41, 5.74) is -2.17. The Labute approximate surface area is 275 Å². The number of hydrogen-bond acceptors (Lipinski definition) is 4. The third-order valence-electron chi connectivity index (χ3n) is 9.31. The molecule has 0 saturated carbocycles. The second-order valence-corrected chi connectivity index (χ2v) is 13.6. The number of benzene rings is 4. The highest BCUT2D eigenvalue weighted by Crippen LogP contribution is 2.48. The topological polar surface area (TPSA) is 74.8 Å². The average molecular weight is 659 g/mol. The number of hydrogen-bond donors (Lipinski definition) is 0. The van der Waals surface area contributed by atoms with Gasteiger partial charge >= 0.3 is 0 Å². The van der Waals surface area contributed by atoms with Gasteiger partial charge < -0.3 is 0 Å². The molecule has 4 aromatic carbocycles. The zero-order valence-electron chi connectivity index (χ0n) is 27.8. The number of nitrogens with zero attached hydrogens (tertiary/aromatic N) is 2. The van der Waals surface area contributed by atoms with Crippen molar-refractivity contribution in [2.75, 3.05) is 9.80 Å². The Morgan fingerprint density at radius 2 is 0.625 bits per heavy atom. The lowest BCUT2D eigenvalue weighted by Gasteiger charge is -2.36. The summed E-state index contributed by atoms with van der Waals surface area (Å²) in [4.78, 5) is 58.1. The van der Waals surface area contributed by atoms with Crippen molar-refractivity contribution in [1.82, 2.24) is 0 Å². The summed E-state index contributed by atoms with van der Waals surface area (Å²) in [7, 11) is 0. The van der Waals surface area contributed by atoms with E-state index in [1.54, 1.807) is 91.8 Å². The molecule has 0 unspecified atom stereocenters. The van der Waals surface area contributed by atoms with Gasteiger partial charge in [0.2, 0.25) is 0 Å². The van der Waals surface area contributed by atoms with E-state index in [0.29, 0.717) is 32.1 Å². The van der Waals surface area contributed by atoms with Crippen LogP contribution in [0, 0.1) is 23.3 Å². The molecule has 0 saturated heterocycles. The largest absolute Gasteiger partial charge is 0.269 e. The van der Waals surface area contributed by atoms with Crippen LogP contribution in [0.25, 0.3) is 10.8 Å². The Hall–Kier alpha value is -4.86. The molecule has 6 rings (SSSR count). The minimum Gasteiger partial charge on any atom is -0.268 e. The maximum absolute atomic E-state index is 16.4. The second kappa shape index (κ2) is 11.4. The Balaban J connectivity index is 1.72. The molecule has 0 spiro atoms. The van der Waals surface area contributed by atoms with E-state index in [0.717, 1.165) is 0 Å². The van der Waals surface area contributed by atoms with Crippen LogP contribution in [-0.2, 0) is 0 Å². The van der Waals surface area contributed by atoms with Crippen LogP contribution >= 0.6 is 0 Å². The summed E-state index contributed by atoms with van der Waals surface area (Å²) in [5, 5.41) is -1.61. The molecule has 0 aromatic heterocycles. The molecule has 4 aromatic rings. The summed E-state index contributed by atoms with van der Waals surface area (Å²) in [6, 6.07) is 10.1. The summed E-state index contributed by atoms with van der Waals surface area (Å²) in [6.45, 7) is 14.4. The molecule has 0 aliphatic carbocycles. The van der Waals surface area contributed by atoms with Crippen LogP contribution in [0.1, 0.15) is 143 Å². The summed E-state index contributed by atoms with van der Waals surface area (Å²) < 4.78 is 65.5. The molecule has 10 heteroatoms. The van der Waals surface area contributed by atoms with E-state index in [9.17, 15) is 19.2 Å². The zero-order chi connectivity index (χ0) is 35.3. The maximum atomic E-state index is 16.4. The van der Waals surface area contributed by atoms with E-state index >= 15 is 17.6 Å². The van der Waals surface area contributed by atoms with Gasteiger partial charge in [0.1, 0.15) is 0 Å².